The quantitative estimate of drug-likeness (QED) is 0.559. The van der Waals surface area contributed by atoms with Crippen LogP contribution in [0.1, 0.15) is 24.8 Å². The van der Waals surface area contributed by atoms with Crippen LogP contribution in [0.4, 0.5) is 0 Å². The first-order chi connectivity index (χ1) is 13.0. The smallest absolute Gasteiger partial charge is 0.304 e. The summed E-state index contributed by atoms with van der Waals surface area (Å²) in [5.41, 5.74) is 3.01. The van der Waals surface area contributed by atoms with Crippen molar-refractivity contribution in [3.05, 3.63) is 60.2 Å². The van der Waals surface area contributed by atoms with Gasteiger partial charge in [0.15, 0.2) is 0 Å². The molecule has 142 valence electrons. The van der Waals surface area contributed by atoms with E-state index in [1.807, 2.05) is 54.6 Å². The van der Waals surface area contributed by atoms with Crippen molar-refractivity contribution in [1.29, 1.82) is 0 Å². The van der Waals surface area contributed by atoms with E-state index in [9.17, 15) is 14.4 Å². The zero-order valence-corrected chi connectivity index (χ0v) is 14.9. The Hall–Kier alpha value is -3.15. The molecule has 6 heteroatoms. The number of aliphatic carboxylic acids is 2. The van der Waals surface area contributed by atoms with Crippen molar-refractivity contribution in [2.75, 3.05) is 6.54 Å². The fourth-order valence-corrected chi connectivity index (χ4v) is 2.81. The van der Waals surface area contributed by atoms with Gasteiger partial charge in [-0.25, -0.2) is 0 Å². The van der Waals surface area contributed by atoms with E-state index < -0.39 is 17.9 Å². The molecular weight excluding hydrogens is 346 g/mol. The van der Waals surface area contributed by atoms with Gasteiger partial charge in [0.1, 0.15) is 0 Å². The third-order valence-corrected chi connectivity index (χ3v) is 4.20. The van der Waals surface area contributed by atoms with Gasteiger partial charge in [-0.15, -0.1) is 0 Å². The van der Waals surface area contributed by atoms with E-state index >= 15 is 0 Å². The molecule has 0 spiro atoms. The van der Waals surface area contributed by atoms with Crippen LogP contribution in [-0.2, 0) is 20.8 Å². The van der Waals surface area contributed by atoms with Crippen molar-refractivity contribution in [3.63, 3.8) is 0 Å². The average molecular weight is 369 g/mol. The van der Waals surface area contributed by atoms with Crippen LogP contribution in [0.15, 0.2) is 54.6 Å². The van der Waals surface area contributed by atoms with Crippen LogP contribution < -0.4 is 5.32 Å². The topological polar surface area (TPSA) is 104 Å². The number of nitrogens with one attached hydrogen (secondary N) is 1. The number of carboxylic acids is 2. The van der Waals surface area contributed by atoms with Crippen molar-refractivity contribution in [1.82, 2.24) is 5.32 Å². The number of benzene rings is 2. The molecular formula is C21H23NO5. The highest BCUT2D eigenvalue weighted by Crippen LogP contribution is 2.21. The first-order valence-electron chi connectivity index (χ1n) is 8.81. The van der Waals surface area contributed by atoms with Crippen LogP contribution in [0.5, 0.6) is 0 Å². The lowest BCUT2D eigenvalue weighted by Crippen LogP contribution is -2.34. The van der Waals surface area contributed by atoms with Gasteiger partial charge in [-0.05, 0) is 29.5 Å². The van der Waals surface area contributed by atoms with E-state index in [0.29, 0.717) is 12.8 Å². The number of hydrogen-bond donors (Lipinski definition) is 3. The second-order valence-electron chi connectivity index (χ2n) is 6.35. The van der Waals surface area contributed by atoms with E-state index in [-0.39, 0.29) is 25.3 Å². The van der Waals surface area contributed by atoms with E-state index in [2.05, 4.69) is 5.32 Å². The van der Waals surface area contributed by atoms with Crippen molar-refractivity contribution in [3.8, 4) is 11.1 Å². The number of rotatable bonds is 10. The van der Waals surface area contributed by atoms with Crippen molar-refractivity contribution < 1.29 is 24.6 Å². The Balaban J connectivity index is 1.99. The fourth-order valence-electron chi connectivity index (χ4n) is 2.81. The summed E-state index contributed by atoms with van der Waals surface area (Å²) in [4.78, 5) is 33.9. The molecule has 2 rings (SSSR count). The SMILES string of the molecule is O=C(O)CCCNC(=O)[C@@H](CC(=O)O)Cc1ccc(-c2ccccc2)cc1. The zero-order valence-electron chi connectivity index (χ0n) is 14.9. The van der Waals surface area contributed by atoms with Crippen LogP contribution in [0.2, 0.25) is 0 Å². The van der Waals surface area contributed by atoms with Crippen LogP contribution in [-0.4, -0.2) is 34.6 Å². The molecule has 0 radical (unpaired) electrons. The summed E-state index contributed by atoms with van der Waals surface area (Å²) >= 11 is 0. The van der Waals surface area contributed by atoms with Gasteiger partial charge in [-0.1, -0.05) is 54.6 Å². The maximum Gasteiger partial charge on any atom is 0.304 e. The maximum atomic E-state index is 12.3. The molecule has 0 aromatic heterocycles. The predicted molar refractivity (Wildman–Crippen MR) is 101 cm³/mol. The molecule has 0 fully saturated rings. The Bertz CT molecular complexity index is 771. The molecule has 0 heterocycles. The fraction of sp³-hybridized carbons (Fsp3) is 0.286. The van der Waals surface area contributed by atoms with Gasteiger partial charge in [-0.3, -0.25) is 14.4 Å². The summed E-state index contributed by atoms with van der Waals surface area (Å²) in [6.07, 6.45) is 0.314. The average Bonchev–Trinajstić information content (AvgIpc) is 2.65. The monoisotopic (exact) mass is 369 g/mol. The highest BCUT2D eigenvalue weighted by atomic mass is 16.4. The molecule has 1 amide bonds. The normalized spacial score (nSPS) is 11.6. The lowest BCUT2D eigenvalue weighted by molar-refractivity contribution is -0.141. The van der Waals surface area contributed by atoms with Gasteiger partial charge in [0.05, 0.1) is 12.3 Å². The minimum atomic E-state index is -1.04. The third-order valence-electron chi connectivity index (χ3n) is 4.20. The van der Waals surface area contributed by atoms with Crippen LogP contribution >= 0.6 is 0 Å². The molecule has 27 heavy (non-hydrogen) atoms. The van der Waals surface area contributed by atoms with Gasteiger partial charge in [0.2, 0.25) is 5.91 Å². The molecule has 0 saturated heterocycles. The van der Waals surface area contributed by atoms with Gasteiger partial charge in [0, 0.05) is 13.0 Å². The second-order valence-corrected chi connectivity index (χ2v) is 6.35. The number of carbonyl (C=O) groups excluding carboxylic acids is 1. The molecule has 2 aromatic rings. The maximum absolute atomic E-state index is 12.3. The molecule has 3 N–H and O–H groups in total. The summed E-state index contributed by atoms with van der Waals surface area (Å²) < 4.78 is 0. The molecule has 0 aliphatic heterocycles. The molecule has 0 aliphatic rings. The van der Waals surface area contributed by atoms with Gasteiger partial charge in [-0.2, -0.15) is 0 Å². The summed E-state index contributed by atoms with van der Waals surface area (Å²) in [6, 6.07) is 17.6. The van der Waals surface area contributed by atoms with Crippen molar-refractivity contribution in [2.24, 2.45) is 5.92 Å². The first-order valence-corrected chi connectivity index (χ1v) is 8.81. The summed E-state index contributed by atoms with van der Waals surface area (Å²) in [7, 11) is 0. The molecule has 0 unspecified atom stereocenters. The number of amides is 1. The lowest BCUT2D eigenvalue weighted by Gasteiger charge is -2.15. The number of carboxylic acid groups (broad SMARTS) is 2. The Labute approximate surface area is 157 Å². The molecule has 2 aromatic carbocycles. The largest absolute Gasteiger partial charge is 0.481 e. The Morgan fingerprint density at radius 3 is 2.07 bits per heavy atom. The minimum absolute atomic E-state index is 0.0369. The van der Waals surface area contributed by atoms with Gasteiger partial charge < -0.3 is 15.5 Å². The van der Waals surface area contributed by atoms with Crippen LogP contribution in [0.3, 0.4) is 0 Å². The molecule has 0 aliphatic carbocycles. The highest BCUT2D eigenvalue weighted by molar-refractivity contribution is 5.83. The zero-order chi connectivity index (χ0) is 19.6. The third kappa shape index (κ3) is 6.93. The summed E-state index contributed by atoms with van der Waals surface area (Å²) in [5, 5.41) is 20.3. The summed E-state index contributed by atoms with van der Waals surface area (Å²) in [5.74, 6) is -3.03. The van der Waals surface area contributed by atoms with Crippen LogP contribution in [0.25, 0.3) is 11.1 Å². The lowest BCUT2D eigenvalue weighted by atomic mass is 9.94. The Morgan fingerprint density at radius 2 is 1.48 bits per heavy atom. The Morgan fingerprint density at radius 1 is 0.852 bits per heavy atom. The van der Waals surface area contributed by atoms with Crippen LogP contribution in [0, 0.1) is 5.92 Å². The first kappa shape index (κ1) is 20.2. The predicted octanol–water partition coefficient (Wildman–Crippen LogP) is 2.97. The van der Waals surface area contributed by atoms with Crippen molar-refractivity contribution in [2.45, 2.75) is 25.7 Å². The molecule has 6 nitrogen and oxygen atoms in total. The van der Waals surface area contributed by atoms with E-state index in [0.717, 1.165) is 16.7 Å². The van der Waals surface area contributed by atoms with E-state index in [1.54, 1.807) is 0 Å². The van der Waals surface area contributed by atoms with Crippen molar-refractivity contribution >= 4 is 17.8 Å². The molecule has 0 bridgehead atoms. The van der Waals surface area contributed by atoms with Gasteiger partial charge in [0.25, 0.3) is 0 Å². The number of carbonyl (C=O) groups is 3. The Kier molecular flexibility index (Phi) is 7.55. The van der Waals surface area contributed by atoms with E-state index in [4.69, 9.17) is 10.2 Å². The van der Waals surface area contributed by atoms with E-state index in [1.165, 1.54) is 0 Å². The summed E-state index contributed by atoms with van der Waals surface area (Å²) in [6.45, 7) is 0.216. The standard InChI is InChI=1S/C21H23NO5/c23-19(24)7-4-12-22-21(27)18(14-20(25)26)13-15-8-10-17(11-9-15)16-5-2-1-3-6-16/h1-3,5-6,8-11,18H,4,7,12-14H2,(H,22,27)(H,23,24)(H,25,26)/t18-/m1/s1. The second kappa shape index (κ2) is 10.1. The highest BCUT2D eigenvalue weighted by Gasteiger charge is 2.22. The van der Waals surface area contributed by atoms with Gasteiger partial charge >= 0.3 is 11.9 Å². The molecule has 1 atom stereocenters. The molecule has 0 saturated carbocycles. The number of hydrogen-bond acceptors (Lipinski definition) is 3. The minimum Gasteiger partial charge on any atom is -0.481 e.